The highest BCUT2D eigenvalue weighted by Crippen LogP contribution is 2.67. The molecule has 2 heterocycles. The van der Waals surface area contributed by atoms with E-state index in [0.717, 1.165) is 47.1 Å². The summed E-state index contributed by atoms with van der Waals surface area (Å²) in [7, 11) is 1.81. The first-order valence-corrected chi connectivity index (χ1v) is 11.7. The lowest BCUT2D eigenvalue weighted by Gasteiger charge is -2.31. The van der Waals surface area contributed by atoms with Crippen molar-refractivity contribution >= 4 is 11.5 Å². The summed E-state index contributed by atoms with van der Waals surface area (Å²) in [5.41, 5.74) is 12.3. The number of rotatable bonds is 5. The van der Waals surface area contributed by atoms with E-state index in [9.17, 15) is 4.79 Å². The number of amides is 1. The summed E-state index contributed by atoms with van der Waals surface area (Å²) in [6.45, 7) is 4.94. The fraction of sp³-hybridized carbons (Fsp3) is 0.357. The molecule has 1 amide bonds. The number of aryl methyl sites for hydroxylation is 1. The van der Waals surface area contributed by atoms with Gasteiger partial charge in [-0.2, -0.15) is 0 Å². The van der Waals surface area contributed by atoms with Gasteiger partial charge in [0.1, 0.15) is 0 Å². The molecule has 5 heteroatoms. The van der Waals surface area contributed by atoms with Gasteiger partial charge >= 0.3 is 0 Å². The molecule has 3 N–H and O–H groups in total. The van der Waals surface area contributed by atoms with E-state index in [2.05, 4.69) is 47.8 Å². The zero-order valence-electron chi connectivity index (χ0n) is 19.2. The first-order chi connectivity index (χ1) is 16.0. The van der Waals surface area contributed by atoms with E-state index in [4.69, 9.17) is 15.5 Å². The number of carbonyl (C=O) groups excluding carboxylic acids is 1. The fourth-order valence-corrected chi connectivity index (χ4v) is 6.44. The smallest absolute Gasteiger partial charge is 0.248 e. The van der Waals surface area contributed by atoms with Crippen LogP contribution in [-0.4, -0.2) is 32.7 Å². The van der Waals surface area contributed by atoms with Crippen molar-refractivity contribution < 1.29 is 9.53 Å². The van der Waals surface area contributed by atoms with Gasteiger partial charge in [-0.05, 0) is 61.2 Å². The number of allylic oxidation sites excluding steroid dienone is 3. The Bertz CT molecular complexity index is 1350. The Morgan fingerprint density at radius 3 is 2.85 bits per heavy atom. The van der Waals surface area contributed by atoms with E-state index in [1.54, 1.807) is 6.07 Å². The van der Waals surface area contributed by atoms with E-state index in [-0.39, 0.29) is 16.7 Å². The number of fused-ring (bicyclic) bond motifs is 3. The monoisotopic (exact) mass is 439 g/mol. The number of hydrogen-bond acceptors (Lipinski definition) is 4. The van der Waals surface area contributed by atoms with E-state index < -0.39 is 5.91 Å². The van der Waals surface area contributed by atoms with E-state index >= 15 is 0 Å². The number of methoxy groups -OCH3 is 1. The maximum atomic E-state index is 11.7. The van der Waals surface area contributed by atoms with Gasteiger partial charge in [0, 0.05) is 46.8 Å². The van der Waals surface area contributed by atoms with Crippen LogP contribution in [0.5, 0.6) is 0 Å². The van der Waals surface area contributed by atoms with Crippen LogP contribution >= 0.6 is 0 Å². The van der Waals surface area contributed by atoms with Crippen LogP contribution in [0.25, 0.3) is 5.57 Å². The summed E-state index contributed by atoms with van der Waals surface area (Å²) < 4.78 is 5.59. The molecule has 4 aliphatic rings. The quantitative estimate of drug-likeness (QED) is 0.751. The normalized spacial score (nSPS) is 29.0. The average Bonchev–Trinajstić information content (AvgIpc) is 3.35. The molecule has 3 atom stereocenters. The number of carbonyl (C=O) groups is 1. The Morgan fingerprint density at radius 1 is 1.27 bits per heavy atom. The highest BCUT2D eigenvalue weighted by molar-refractivity contribution is 5.93. The largest absolute Gasteiger partial charge is 0.384 e. The van der Waals surface area contributed by atoms with Crippen molar-refractivity contribution in [3.63, 3.8) is 0 Å². The number of benzene rings is 2. The number of primary amides is 1. The lowest BCUT2D eigenvalue weighted by Crippen LogP contribution is -2.40. The molecule has 1 saturated heterocycles. The fourth-order valence-electron chi connectivity index (χ4n) is 6.44. The van der Waals surface area contributed by atoms with Gasteiger partial charge in [-0.3, -0.25) is 4.79 Å². The standard InChI is InChI=1S/C28H29N3O2/c1-17-11-20(26(29)32)13-24-25(17)22-8-5-19(12-23(22)31-24)18-3-6-21(7-4-18)28-9-10-30-15-27(28,14-28)16-33-2/h3-8,11-13,19,30H,9-10,14-16H2,1-2H3,(H2,29,32). The summed E-state index contributed by atoms with van der Waals surface area (Å²) in [6.07, 6.45) is 9.02. The molecule has 0 spiro atoms. The predicted molar refractivity (Wildman–Crippen MR) is 128 cm³/mol. The van der Waals surface area contributed by atoms with E-state index in [0.29, 0.717) is 5.56 Å². The van der Waals surface area contributed by atoms with Gasteiger partial charge in [-0.25, -0.2) is 4.99 Å². The van der Waals surface area contributed by atoms with E-state index in [1.165, 1.54) is 24.0 Å². The van der Waals surface area contributed by atoms with Crippen LogP contribution in [0.1, 0.15) is 45.8 Å². The predicted octanol–water partition coefficient (Wildman–Crippen LogP) is 2.38. The van der Waals surface area contributed by atoms with Crippen LogP contribution in [0.4, 0.5) is 0 Å². The molecule has 1 saturated carbocycles. The van der Waals surface area contributed by atoms with Gasteiger partial charge in [0.2, 0.25) is 5.91 Å². The van der Waals surface area contributed by atoms with Crippen LogP contribution in [-0.2, 0) is 10.2 Å². The lowest BCUT2D eigenvalue weighted by atomic mass is 9.80. The zero-order valence-corrected chi connectivity index (χ0v) is 19.2. The van der Waals surface area contributed by atoms with Crippen LogP contribution in [0, 0.1) is 12.3 Å². The second-order valence-corrected chi connectivity index (χ2v) is 10.0. The molecule has 33 heavy (non-hydrogen) atoms. The topological polar surface area (TPSA) is 76.7 Å². The number of piperidine rings is 1. The first kappa shape index (κ1) is 20.6. The third-order valence-corrected chi connectivity index (χ3v) is 8.18. The van der Waals surface area contributed by atoms with Gasteiger partial charge in [0.05, 0.1) is 17.7 Å². The minimum Gasteiger partial charge on any atom is -0.384 e. The summed E-state index contributed by atoms with van der Waals surface area (Å²) in [5.74, 6) is -0.239. The molecule has 2 fully saturated rings. The Morgan fingerprint density at radius 2 is 2.09 bits per heavy atom. The maximum absolute atomic E-state index is 11.7. The van der Waals surface area contributed by atoms with Gasteiger partial charge < -0.3 is 15.8 Å². The third kappa shape index (κ3) is 2.99. The van der Waals surface area contributed by atoms with Crippen molar-refractivity contribution in [2.24, 2.45) is 16.1 Å². The van der Waals surface area contributed by atoms with Crippen molar-refractivity contribution in [1.29, 1.82) is 0 Å². The molecule has 3 unspecified atom stereocenters. The third-order valence-electron chi connectivity index (χ3n) is 8.18. The van der Waals surface area contributed by atoms with Crippen LogP contribution in [0.2, 0.25) is 0 Å². The van der Waals surface area contributed by atoms with Crippen molar-refractivity contribution in [3.05, 3.63) is 93.2 Å². The maximum Gasteiger partial charge on any atom is 0.248 e. The Balaban J connectivity index is 1.31. The second kappa shape index (κ2) is 7.24. The Kier molecular flexibility index (Phi) is 4.51. The van der Waals surface area contributed by atoms with Crippen LogP contribution in [0.3, 0.4) is 0 Å². The molecule has 168 valence electrons. The molecular formula is C28H29N3O2. The lowest BCUT2D eigenvalue weighted by molar-refractivity contribution is 0.1000. The highest BCUT2D eigenvalue weighted by atomic mass is 16.5. The number of nitrogens with zero attached hydrogens (tertiary/aromatic N) is 1. The number of ether oxygens (including phenoxy) is 1. The highest BCUT2D eigenvalue weighted by Gasteiger charge is 2.68. The SMILES string of the molecule is COCC12CNCCC1(c1ccc(C3C=CC4=c5c(C)cc(C(N)=O)cc5=NC4=C3)cc1)C2. The molecule has 2 aromatic carbocycles. The minimum atomic E-state index is -0.420. The number of hydrogen-bond donors (Lipinski definition) is 2. The second-order valence-electron chi connectivity index (χ2n) is 10.0. The van der Waals surface area contributed by atoms with Gasteiger partial charge in [-0.1, -0.05) is 36.4 Å². The van der Waals surface area contributed by atoms with Gasteiger partial charge in [0.15, 0.2) is 0 Å². The van der Waals surface area contributed by atoms with Crippen LogP contribution < -0.4 is 21.6 Å². The molecule has 2 aromatic rings. The van der Waals surface area contributed by atoms with Crippen molar-refractivity contribution in [1.82, 2.24) is 5.32 Å². The molecule has 6 rings (SSSR count). The summed E-state index contributed by atoms with van der Waals surface area (Å²) in [5, 5.41) is 5.50. The van der Waals surface area contributed by atoms with Crippen LogP contribution in [0.15, 0.2) is 65.3 Å². The molecule has 2 aliphatic carbocycles. The summed E-state index contributed by atoms with van der Waals surface area (Å²) in [6, 6.07) is 12.9. The first-order valence-electron chi connectivity index (χ1n) is 11.7. The van der Waals surface area contributed by atoms with Crippen molar-refractivity contribution in [3.8, 4) is 0 Å². The molecular weight excluding hydrogens is 410 g/mol. The van der Waals surface area contributed by atoms with Gasteiger partial charge in [-0.15, -0.1) is 0 Å². The summed E-state index contributed by atoms with van der Waals surface area (Å²) in [4.78, 5) is 16.5. The molecule has 5 nitrogen and oxygen atoms in total. The Hall–Kier alpha value is -3.02. The Labute approximate surface area is 193 Å². The summed E-state index contributed by atoms with van der Waals surface area (Å²) >= 11 is 0. The molecule has 0 radical (unpaired) electrons. The minimum absolute atomic E-state index is 0.181. The molecule has 0 bridgehead atoms. The molecule has 0 aromatic heterocycles. The average molecular weight is 440 g/mol. The zero-order chi connectivity index (χ0) is 22.8. The number of nitrogens with one attached hydrogen (secondary N) is 1. The van der Waals surface area contributed by atoms with Crippen molar-refractivity contribution in [2.45, 2.75) is 31.1 Å². The van der Waals surface area contributed by atoms with Crippen molar-refractivity contribution in [2.75, 3.05) is 26.8 Å². The van der Waals surface area contributed by atoms with E-state index in [1.807, 2.05) is 20.1 Å². The number of nitrogens with two attached hydrogens (primary N) is 1. The van der Waals surface area contributed by atoms with Gasteiger partial charge in [0.25, 0.3) is 0 Å². The molecule has 2 aliphatic heterocycles.